The Hall–Kier alpha value is -2.06. The average Bonchev–Trinajstić information content (AvgIpc) is 2.78. The van der Waals surface area contributed by atoms with Gasteiger partial charge in [-0.3, -0.25) is 4.68 Å². The highest BCUT2D eigenvalue weighted by atomic mass is 32.2. The Kier molecular flexibility index (Phi) is 3.96. The molecule has 108 valence electrons. The number of ether oxygens (including phenoxy) is 1. The van der Waals surface area contributed by atoms with Crippen molar-refractivity contribution in [1.29, 1.82) is 0 Å². The van der Waals surface area contributed by atoms with Gasteiger partial charge in [-0.15, -0.1) is 0 Å². The summed E-state index contributed by atoms with van der Waals surface area (Å²) in [5.74, 6) is 0.712. The summed E-state index contributed by atoms with van der Waals surface area (Å²) in [6, 6.07) is 4.42. The van der Waals surface area contributed by atoms with E-state index in [2.05, 4.69) is 5.10 Å². The van der Waals surface area contributed by atoms with E-state index in [9.17, 15) is 8.42 Å². The first-order chi connectivity index (χ1) is 9.41. The highest BCUT2D eigenvalue weighted by Gasteiger charge is 2.16. The molecule has 0 spiro atoms. The lowest BCUT2D eigenvalue weighted by atomic mass is 10.3. The van der Waals surface area contributed by atoms with Crippen molar-refractivity contribution in [2.45, 2.75) is 24.8 Å². The van der Waals surface area contributed by atoms with Crippen LogP contribution in [-0.2, 0) is 16.6 Å². The van der Waals surface area contributed by atoms with Crippen LogP contribution >= 0.6 is 0 Å². The van der Waals surface area contributed by atoms with Gasteiger partial charge in [0, 0.05) is 6.54 Å². The van der Waals surface area contributed by atoms with Crippen LogP contribution in [0.3, 0.4) is 0 Å². The van der Waals surface area contributed by atoms with Crippen LogP contribution in [0.2, 0.25) is 0 Å². The molecular formula is C12H16N4O3S. The van der Waals surface area contributed by atoms with Gasteiger partial charge in [0.25, 0.3) is 0 Å². The standard InChI is InChI=1S/C12H16N4O3S/c1-2-6-16-8-9(7-15-16)19-10-4-3-5-11(12(10)13)20(14,17)18/h3-5,7-8H,2,6,13H2,1H3,(H2,14,17,18). The third-order valence-corrected chi connectivity index (χ3v) is 3.59. The Bertz CT molecular complexity index is 709. The van der Waals surface area contributed by atoms with Crippen LogP contribution in [-0.4, -0.2) is 18.2 Å². The molecule has 0 radical (unpaired) electrons. The molecule has 0 saturated heterocycles. The molecule has 1 heterocycles. The van der Waals surface area contributed by atoms with E-state index in [-0.39, 0.29) is 16.3 Å². The molecule has 7 nitrogen and oxygen atoms in total. The summed E-state index contributed by atoms with van der Waals surface area (Å²) in [6.45, 7) is 2.81. The maximum Gasteiger partial charge on any atom is 0.240 e. The number of para-hydroxylation sites is 1. The first-order valence-electron chi connectivity index (χ1n) is 6.03. The molecule has 2 rings (SSSR count). The van der Waals surface area contributed by atoms with Crippen molar-refractivity contribution in [2.75, 3.05) is 5.73 Å². The first kappa shape index (κ1) is 14.4. The number of aromatic nitrogens is 2. The Morgan fingerprint density at radius 3 is 2.80 bits per heavy atom. The number of benzene rings is 1. The molecule has 4 N–H and O–H groups in total. The fraction of sp³-hybridized carbons (Fsp3) is 0.250. The number of aryl methyl sites for hydroxylation is 1. The summed E-state index contributed by atoms with van der Waals surface area (Å²) < 4.78 is 30.0. The normalized spacial score (nSPS) is 11.5. The molecule has 2 aromatic rings. The van der Waals surface area contributed by atoms with Crippen LogP contribution in [0, 0.1) is 0 Å². The Balaban J connectivity index is 2.29. The fourth-order valence-electron chi connectivity index (χ4n) is 1.74. The average molecular weight is 296 g/mol. The van der Waals surface area contributed by atoms with Crippen LogP contribution in [0.4, 0.5) is 5.69 Å². The molecule has 0 saturated carbocycles. The number of nitrogen functional groups attached to an aromatic ring is 1. The van der Waals surface area contributed by atoms with Gasteiger partial charge in [0.15, 0.2) is 11.5 Å². The van der Waals surface area contributed by atoms with Crippen molar-refractivity contribution in [3.8, 4) is 11.5 Å². The number of primary sulfonamides is 1. The summed E-state index contributed by atoms with van der Waals surface area (Å²) in [5, 5.41) is 9.19. The fourth-order valence-corrected chi connectivity index (χ4v) is 2.41. The van der Waals surface area contributed by atoms with Crippen molar-refractivity contribution in [1.82, 2.24) is 9.78 Å². The van der Waals surface area contributed by atoms with Crippen molar-refractivity contribution in [2.24, 2.45) is 5.14 Å². The molecule has 0 amide bonds. The van der Waals surface area contributed by atoms with E-state index >= 15 is 0 Å². The lowest BCUT2D eigenvalue weighted by Gasteiger charge is -2.09. The summed E-state index contributed by atoms with van der Waals surface area (Å²) in [7, 11) is -3.88. The minimum atomic E-state index is -3.88. The van der Waals surface area contributed by atoms with Crippen molar-refractivity contribution in [3.63, 3.8) is 0 Å². The van der Waals surface area contributed by atoms with Gasteiger partial charge in [-0.1, -0.05) is 13.0 Å². The number of sulfonamides is 1. The van der Waals surface area contributed by atoms with E-state index in [1.807, 2.05) is 6.92 Å². The van der Waals surface area contributed by atoms with E-state index < -0.39 is 10.0 Å². The summed E-state index contributed by atoms with van der Waals surface area (Å²) in [6.07, 6.45) is 4.20. The molecule has 1 aromatic carbocycles. The zero-order valence-electron chi connectivity index (χ0n) is 11.0. The number of nitrogens with two attached hydrogens (primary N) is 2. The molecule has 0 atom stereocenters. The van der Waals surface area contributed by atoms with Gasteiger partial charge in [-0.05, 0) is 18.6 Å². The Morgan fingerprint density at radius 2 is 2.15 bits per heavy atom. The molecule has 20 heavy (non-hydrogen) atoms. The molecule has 0 fully saturated rings. The maximum atomic E-state index is 11.4. The highest BCUT2D eigenvalue weighted by molar-refractivity contribution is 7.89. The summed E-state index contributed by atoms with van der Waals surface area (Å²) >= 11 is 0. The second kappa shape index (κ2) is 5.51. The van der Waals surface area contributed by atoms with Gasteiger partial charge in [-0.25, -0.2) is 13.6 Å². The van der Waals surface area contributed by atoms with E-state index in [0.717, 1.165) is 13.0 Å². The third-order valence-electron chi connectivity index (χ3n) is 2.62. The molecule has 0 aliphatic heterocycles. The molecular weight excluding hydrogens is 280 g/mol. The number of anilines is 1. The molecule has 0 bridgehead atoms. The molecule has 0 aliphatic carbocycles. The van der Waals surface area contributed by atoms with E-state index in [0.29, 0.717) is 5.75 Å². The minimum Gasteiger partial charge on any atom is -0.452 e. The molecule has 0 unspecified atom stereocenters. The Morgan fingerprint density at radius 1 is 1.40 bits per heavy atom. The van der Waals surface area contributed by atoms with Crippen LogP contribution in [0.5, 0.6) is 11.5 Å². The van der Waals surface area contributed by atoms with Gasteiger partial charge in [-0.2, -0.15) is 5.10 Å². The zero-order valence-corrected chi connectivity index (χ0v) is 11.8. The topological polar surface area (TPSA) is 113 Å². The minimum absolute atomic E-state index is 0.0155. The van der Waals surface area contributed by atoms with Gasteiger partial charge in [0.05, 0.1) is 18.1 Å². The predicted octanol–water partition coefficient (Wildman–Crippen LogP) is 1.31. The van der Waals surface area contributed by atoms with Gasteiger partial charge in [0.1, 0.15) is 4.90 Å². The smallest absolute Gasteiger partial charge is 0.240 e. The van der Waals surface area contributed by atoms with Crippen LogP contribution < -0.4 is 15.6 Å². The molecule has 1 aromatic heterocycles. The van der Waals surface area contributed by atoms with Crippen molar-refractivity contribution < 1.29 is 13.2 Å². The number of nitrogens with zero attached hydrogens (tertiary/aromatic N) is 2. The second-order valence-corrected chi connectivity index (χ2v) is 5.78. The van der Waals surface area contributed by atoms with E-state index in [4.69, 9.17) is 15.6 Å². The van der Waals surface area contributed by atoms with Crippen LogP contribution in [0.1, 0.15) is 13.3 Å². The maximum absolute atomic E-state index is 11.4. The molecule has 0 aliphatic rings. The quantitative estimate of drug-likeness (QED) is 0.808. The third kappa shape index (κ3) is 3.09. The SMILES string of the molecule is CCCn1cc(Oc2cccc(S(N)(=O)=O)c2N)cn1. The van der Waals surface area contributed by atoms with Crippen molar-refractivity contribution in [3.05, 3.63) is 30.6 Å². The molecule has 8 heteroatoms. The zero-order chi connectivity index (χ0) is 14.8. The van der Waals surface area contributed by atoms with Crippen LogP contribution in [0.15, 0.2) is 35.5 Å². The van der Waals surface area contributed by atoms with Gasteiger partial charge < -0.3 is 10.5 Å². The lowest BCUT2D eigenvalue weighted by Crippen LogP contribution is -2.14. The van der Waals surface area contributed by atoms with E-state index in [1.165, 1.54) is 12.1 Å². The highest BCUT2D eigenvalue weighted by Crippen LogP contribution is 2.31. The summed E-state index contributed by atoms with van der Waals surface area (Å²) in [5.41, 5.74) is 5.76. The van der Waals surface area contributed by atoms with Gasteiger partial charge in [0.2, 0.25) is 10.0 Å². The van der Waals surface area contributed by atoms with Crippen LogP contribution in [0.25, 0.3) is 0 Å². The monoisotopic (exact) mass is 296 g/mol. The Labute approximate surface area is 117 Å². The largest absolute Gasteiger partial charge is 0.452 e. The predicted molar refractivity (Wildman–Crippen MR) is 74.8 cm³/mol. The lowest BCUT2D eigenvalue weighted by molar-refractivity contribution is 0.481. The number of rotatable bonds is 5. The van der Waals surface area contributed by atoms with Crippen molar-refractivity contribution >= 4 is 15.7 Å². The van der Waals surface area contributed by atoms with Gasteiger partial charge >= 0.3 is 0 Å². The number of hydrogen-bond donors (Lipinski definition) is 2. The first-order valence-corrected chi connectivity index (χ1v) is 7.58. The van der Waals surface area contributed by atoms with E-state index in [1.54, 1.807) is 23.1 Å². The number of hydrogen-bond acceptors (Lipinski definition) is 5. The second-order valence-electron chi connectivity index (χ2n) is 4.25. The summed E-state index contributed by atoms with van der Waals surface area (Å²) in [4.78, 5) is -0.157.